The van der Waals surface area contributed by atoms with Crippen LogP contribution in [0.25, 0.3) is 0 Å². The van der Waals surface area contributed by atoms with Gasteiger partial charge < -0.3 is 10.5 Å². The zero-order valence-electron chi connectivity index (χ0n) is 9.52. The molecule has 0 fully saturated rings. The molecule has 0 aliphatic heterocycles. The van der Waals surface area contributed by atoms with E-state index in [0.717, 1.165) is 18.5 Å². The first kappa shape index (κ1) is 12.1. The maximum Gasteiger partial charge on any atom is 0.0621 e. The summed E-state index contributed by atoms with van der Waals surface area (Å²) >= 11 is 0. The third-order valence-electron chi connectivity index (χ3n) is 2.14. The van der Waals surface area contributed by atoms with Gasteiger partial charge in [-0.3, -0.25) is 4.98 Å². The number of rotatable bonds is 6. The van der Waals surface area contributed by atoms with Crippen LogP contribution in [0.4, 0.5) is 0 Å². The summed E-state index contributed by atoms with van der Waals surface area (Å²) in [6, 6.07) is 6.05. The van der Waals surface area contributed by atoms with Crippen molar-refractivity contribution in [2.24, 2.45) is 5.73 Å². The number of aromatic nitrogens is 1. The van der Waals surface area contributed by atoms with Gasteiger partial charge in [-0.15, -0.1) is 0 Å². The van der Waals surface area contributed by atoms with Gasteiger partial charge in [0.15, 0.2) is 0 Å². The van der Waals surface area contributed by atoms with Crippen molar-refractivity contribution in [2.45, 2.75) is 38.8 Å². The van der Waals surface area contributed by atoms with Crippen molar-refractivity contribution < 1.29 is 4.74 Å². The molecule has 1 atom stereocenters. The molecule has 1 heterocycles. The highest BCUT2D eigenvalue weighted by molar-refractivity contribution is 5.03. The Hall–Kier alpha value is -0.930. The molecule has 3 nitrogen and oxygen atoms in total. The number of ether oxygens (including phenoxy) is 1. The summed E-state index contributed by atoms with van der Waals surface area (Å²) in [6.07, 6.45) is 3.91. The maximum absolute atomic E-state index is 5.92. The molecule has 2 N–H and O–H groups in total. The minimum atomic E-state index is 0.106. The summed E-state index contributed by atoms with van der Waals surface area (Å²) in [5.41, 5.74) is 7.01. The lowest BCUT2D eigenvalue weighted by Crippen LogP contribution is -2.28. The van der Waals surface area contributed by atoms with Crippen molar-refractivity contribution in [3.05, 3.63) is 30.1 Å². The average Bonchev–Trinajstić information content (AvgIpc) is 2.25. The molecule has 0 aliphatic carbocycles. The van der Waals surface area contributed by atoms with Gasteiger partial charge in [0.2, 0.25) is 0 Å². The molecular formula is C12H20N2O. The lowest BCUT2D eigenvalue weighted by molar-refractivity contribution is 0.0669. The third kappa shape index (κ3) is 5.50. The second-order valence-corrected chi connectivity index (χ2v) is 4.00. The normalized spacial score (nSPS) is 13.1. The van der Waals surface area contributed by atoms with Gasteiger partial charge in [0.05, 0.1) is 12.7 Å². The molecule has 1 aromatic rings. The fraction of sp³-hybridized carbons (Fsp3) is 0.583. The van der Waals surface area contributed by atoms with Crippen molar-refractivity contribution >= 4 is 0 Å². The summed E-state index contributed by atoms with van der Waals surface area (Å²) < 4.78 is 5.45. The lowest BCUT2D eigenvalue weighted by atomic mass is 10.1. The van der Waals surface area contributed by atoms with E-state index in [9.17, 15) is 0 Å². The van der Waals surface area contributed by atoms with E-state index in [4.69, 9.17) is 10.5 Å². The van der Waals surface area contributed by atoms with Crippen LogP contribution in [0, 0.1) is 0 Å². The molecule has 0 bridgehead atoms. The first-order valence-electron chi connectivity index (χ1n) is 5.45. The van der Waals surface area contributed by atoms with Crippen LogP contribution in [-0.4, -0.2) is 23.7 Å². The predicted octanol–water partition coefficient (Wildman–Crippen LogP) is 1.77. The van der Waals surface area contributed by atoms with Crippen LogP contribution in [0.15, 0.2) is 24.4 Å². The fourth-order valence-electron chi connectivity index (χ4n) is 1.28. The van der Waals surface area contributed by atoms with Gasteiger partial charge in [-0.1, -0.05) is 6.07 Å². The van der Waals surface area contributed by atoms with Crippen LogP contribution in [0.2, 0.25) is 0 Å². The van der Waals surface area contributed by atoms with Crippen molar-refractivity contribution in [2.75, 3.05) is 6.61 Å². The Kier molecular flexibility index (Phi) is 5.29. The highest BCUT2D eigenvalue weighted by Gasteiger charge is 2.04. The quantitative estimate of drug-likeness (QED) is 0.775. The Morgan fingerprint density at radius 1 is 1.40 bits per heavy atom. The highest BCUT2D eigenvalue weighted by Crippen LogP contribution is 2.01. The molecule has 15 heavy (non-hydrogen) atoms. The van der Waals surface area contributed by atoms with E-state index in [1.807, 2.05) is 38.2 Å². The van der Waals surface area contributed by atoms with Crippen molar-refractivity contribution in [1.29, 1.82) is 0 Å². The van der Waals surface area contributed by atoms with E-state index < -0.39 is 0 Å². The molecule has 1 unspecified atom stereocenters. The summed E-state index contributed by atoms with van der Waals surface area (Å²) in [5.74, 6) is 0. The van der Waals surface area contributed by atoms with Gasteiger partial charge in [-0.25, -0.2) is 0 Å². The largest absolute Gasteiger partial charge is 0.377 e. The summed E-state index contributed by atoms with van der Waals surface area (Å²) in [7, 11) is 0. The lowest BCUT2D eigenvalue weighted by Gasteiger charge is -2.13. The average molecular weight is 208 g/mol. The first-order chi connectivity index (χ1) is 7.18. The molecule has 0 saturated heterocycles. The molecule has 0 radical (unpaired) electrons. The molecule has 0 aliphatic rings. The minimum absolute atomic E-state index is 0.106. The number of pyridine rings is 1. The monoisotopic (exact) mass is 208 g/mol. The number of nitrogens with two attached hydrogens (primary N) is 1. The Morgan fingerprint density at radius 2 is 2.20 bits per heavy atom. The molecule has 0 saturated carbocycles. The molecule has 0 aromatic carbocycles. The van der Waals surface area contributed by atoms with Crippen LogP contribution in [-0.2, 0) is 11.2 Å². The second kappa shape index (κ2) is 6.53. The number of nitrogens with zero attached hydrogens (tertiary/aromatic N) is 1. The van der Waals surface area contributed by atoms with Crippen molar-refractivity contribution in [3.8, 4) is 0 Å². The Bertz CT molecular complexity index is 262. The Labute approximate surface area is 91.7 Å². The molecule has 1 aromatic heterocycles. The zero-order chi connectivity index (χ0) is 11.1. The van der Waals surface area contributed by atoms with Gasteiger partial charge in [0.1, 0.15) is 0 Å². The Balaban J connectivity index is 2.19. The topological polar surface area (TPSA) is 48.1 Å². The minimum Gasteiger partial charge on any atom is -0.377 e. The summed E-state index contributed by atoms with van der Waals surface area (Å²) in [5, 5.41) is 0. The van der Waals surface area contributed by atoms with E-state index in [-0.39, 0.29) is 12.1 Å². The molecule has 0 spiro atoms. The molecule has 3 heteroatoms. The molecule has 0 amide bonds. The molecule has 1 rings (SSSR count). The van der Waals surface area contributed by atoms with E-state index in [2.05, 4.69) is 4.98 Å². The molecule has 84 valence electrons. The summed E-state index contributed by atoms with van der Waals surface area (Å²) in [4.78, 5) is 4.25. The van der Waals surface area contributed by atoms with E-state index in [1.54, 1.807) is 0 Å². The van der Waals surface area contributed by atoms with Crippen molar-refractivity contribution in [3.63, 3.8) is 0 Å². The zero-order valence-corrected chi connectivity index (χ0v) is 9.52. The maximum atomic E-state index is 5.92. The van der Waals surface area contributed by atoms with Crippen LogP contribution >= 0.6 is 0 Å². The number of aryl methyl sites for hydroxylation is 1. The fourth-order valence-corrected chi connectivity index (χ4v) is 1.28. The third-order valence-corrected chi connectivity index (χ3v) is 2.14. The highest BCUT2D eigenvalue weighted by atomic mass is 16.5. The van der Waals surface area contributed by atoms with Gasteiger partial charge in [-0.05, 0) is 38.8 Å². The van der Waals surface area contributed by atoms with Crippen molar-refractivity contribution in [1.82, 2.24) is 4.98 Å². The molecular weight excluding hydrogens is 188 g/mol. The predicted molar refractivity (Wildman–Crippen MR) is 61.6 cm³/mol. The van der Waals surface area contributed by atoms with Gasteiger partial charge in [-0.2, -0.15) is 0 Å². The van der Waals surface area contributed by atoms with Crippen LogP contribution in [0.3, 0.4) is 0 Å². The van der Waals surface area contributed by atoms with Gasteiger partial charge >= 0.3 is 0 Å². The standard InChI is InChI=1S/C12H20N2O/c1-10(2)15-9-11(13)6-7-12-5-3-4-8-14-12/h3-5,8,10-11H,6-7,9,13H2,1-2H3. The van der Waals surface area contributed by atoms with E-state index in [1.165, 1.54) is 0 Å². The first-order valence-corrected chi connectivity index (χ1v) is 5.45. The number of hydrogen-bond acceptors (Lipinski definition) is 3. The van der Waals surface area contributed by atoms with Gasteiger partial charge in [0.25, 0.3) is 0 Å². The van der Waals surface area contributed by atoms with Crippen LogP contribution < -0.4 is 5.73 Å². The van der Waals surface area contributed by atoms with E-state index in [0.29, 0.717) is 6.61 Å². The Morgan fingerprint density at radius 3 is 2.80 bits per heavy atom. The van der Waals surface area contributed by atoms with Gasteiger partial charge in [0, 0.05) is 17.9 Å². The smallest absolute Gasteiger partial charge is 0.0621 e. The summed E-state index contributed by atoms with van der Waals surface area (Å²) in [6.45, 7) is 4.67. The van der Waals surface area contributed by atoms with E-state index >= 15 is 0 Å². The number of hydrogen-bond donors (Lipinski definition) is 1. The SMILES string of the molecule is CC(C)OCC(N)CCc1ccccn1. The second-order valence-electron chi connectivity index (χ2n) is 4.00. The van der Waals surface area contributed by atoms with Crippen LogP contribution in [0.5, 0.6) is 0 Å². The van der Waals surface area contributed by atoms with Crippen LogP contribution in [0.1, 0.15) is 26.0 Å².